The number of hydrogen-bond donors (Lipinski definition) is 0. The Balaban J connectivity index is 1.10. The van der Waals surface area contributed by atoms with Crippen LogP contribution in [0.15, 0.2) is 212 Å². The fourth-order valence-electron chi connectivity index (χ4n) is 14.6. The Hall–Kier alpha value is -8.40. The van der Waals surface area contributed by atoms with Gasteiger partial charge in [0.2, 0.25) is 0 Å². The summed E-state index contributed by atoms with van der Waals surface area (Å²) in [5.41, 5.74) is 28.7. The van der Waals surface area contributed by atoms with Gasteiger partial charge in [-0.1, -0.05) is 241 Å². The summed E-state index contributed by atoms with van der Waals surface area (Å²) in [6.07, 6.45) is 0. The van der Waals surface area contributed by atoms with E-state index in [0.717, 1.165) is 0 Å². The maximum Gasteiger partial charge on any atom is 0.252 e. The Morgan fingerprint density at radius 3 is 1.01 bits per heavy atom. The lowest BCUT2D eigenvalue weighted by atomic mass is 9.33. The highest BCUT2D eigenvalue weighted by atomic mass is 15.2. The molecule has 82 heavy (non-hydrogen) atoms. The molecule has 2 aliphatic heterocycles. The molecule has 2 heterocycles. The highest BCUT2D eigenvalue weighted by molar-refractivity contribution is 7.00. The van der Waals surface area contributed by atoms with Gasteiger partial charge in [0.1, 0.15) is 0 Å². The molecule has 0 unspecified atom stereocenters. The van der Waals surface area contributed by atoms with Crippen LogP contribution in [0.3, 0.4) is 0 Å². The van der Waals surface area contributed by atoms with Crippen molar-refractivity contribution in [2.75, 3.05) is 9.80 Å². The van der Waals surface area contributed by atoms with Crippen LogP contribution in [0.5, 0.6) is 0 Å². The summed E-state index contributed by atoms with van der Waals surface area (Å²) in [4.78, 5) is 5.35. The van der Waals surface area contributed by atoms with Crippen LogP contribution >= 0.6 is 0 Å². The second kappa shape index (κ2) is 17.3. The van der Waals surface area contributed by atoms with E-state index in [0.29, 0.717) is 0 Å². The molecule has 0 aromatic heterocycles. The summed E-state index contributed by atoms with van der Waals surface area (Å²) in [6, 6.07) is 83.2. The molecule has 0 bridgehead atoms. The molecule has 11 aromatic carbocycles. The van der Waals surface area contributed by atoms with Crippen molar-refractivity contribution in [1.29, 1.82) is 0 Å². The van der Waals surface area contributed by atoms with Crippen molar-refractivity contribution in [3.05, 3.63) is 257 Å². The third kappa shape index (κ3) is 7.40. The number of hydrogen-bond acceptors (Lipinski definition) is 2. The van der Waals surface area contributed by atoms with Crippen molar-refractivity contribution in [2.45, 2.75) is 110 Å². The number of anilines is 6. The SMILES string of the molecule is CC(C)(C)c1cc(N2c3cc4ccccc4cc3B3c4cc5ccccc5cc4N(c4cc(C(C)(C)C)cc(C(C)(C)C)c4)c4cc(-c5ccc6c(c5)C5(c7ccccc7-c7ccccc75)c5ccccc5-6)cc2c43)cc(C(C)(C)C)c1. The van der Waals surface area contributed by atoms with E-state index in [1.54, 1.807) is 0 Å². The highest BCUT2D eigenvalue weighted by Gasteiger charge is 2.52. The zero-order chi connectivity index (χ0) is 56.6. The van der Waals surface area contributed by atoms with E-state index >= 15 is 0 Å². The van der Waals surface area contributed by atoms with Gasteiger partial charge in [0.15, 0.2) is 0 Å². The Morgan fingerprint density at radius 2 is 0.634 bits per heavy atom. The van der Waals surface area contributed by atoms with E-state index in [-0.39, 0.29) is 28.4 Å². The number of benzene rings is 11. The van der Waals surface area contributed by atoms with Crippen LogP contribution in [0.25, 0.3) is 54.9 Å². The Bertz CT molecular complexity index is 4210. The molecule has 11 aromatic rings. The van der Waals surface area contributed by atoms with Gasteiger partial charge in [0.05, 0.1) is 5.41 Å². The molecule has 0 saturated carbocycles. The van der Waals surface area contributed by atoms with Crippen LogP contribution in [0.2, 0.25) is 0 Å². The summed E-state index contributed by atoms with van der Waals surface area (Å²) >= 11 is 0. The van der Waals surface area contributed by atoms with Crippen molar-refractivity contribution in [3.8, 4) is 33.4 Å². The van der Waals surface area contributed by atoms with Crippen LogP contribution < -0.4 is 26.2 Å². The first-order valence-electron chi connectivity index (χ1n) is 29.8. The molecule has 0 radical (unpaired) electrons. The van der Waals surface area contributed by atoms with E-state index in [4.69, 9.17) is 0 Å². The van der Waals surface area contributed by atoms with Gasteiger partial charge in [-0.15, -0.1) is 0 Å². The summed E-state index contributed by atoms with van der Waals surface area (Å²) in [5.74, 6) is 0. The Morgan fingerprint density at radius 1 is 0.293 bits per heavy atom. The topological polar surface area (TPSA) is 6.48 Å². The van der Waals surface area contributed by atoms with Crippen LogP contribution in [0, 0.1) is 0 Å². The lowest BCUT2D eigenvalue weighted by molar-refractivity contribution is 0.568. The number of nitrogens with zero attached hydrogens (tertiary/aromatic N) is 2. The minimum Gasteiger partial charge on any atom is -0.311 e. The minimum atomic E-state index is -0.478. The average molecular weight is 1060 g/mol. The molecule has 400 valence electrons. The number of fused-ring (bicyclic) bond motifs is 16. The molecule has 0 fully saturated rings. The standard InChI is InChI=1S/C79H71BN2/c1-75(2,3)54-42-55(76(4,5)6)45-58(44-54)81-70-38-50-25-15-13-23-48(50)36-68(70)80-69-37-49-24-14-16-26-51(49)39-71(69)82(59-46-56(77(7,8)9)43-57(47-59)78(10,11)12)73-41-53(40-72(81)74(73)80)52-33-34-63-62-29-19-22-32-66(62)79(67(63)35-52)64-30-20-17-27-60(64)61-28-18-21-31-65(61)79/h13-47H,1-12H3. The average Bonchev–Trinajstić information content (AvgIpc) is 1.40. The summed E-state index contributed by atoms with van der Waals surface area (Å²) in [6.45, 7) is 28.3. The first-order valence-corrected chi connectivity index (χ1v) is 29.8. The van der Waals surface area contributed by atoms with Crippen molar-refractivity contribution >= 4 is 78.8 Å². The second-order valence-electron chi connectivity index (χ2n) is 28.2. The lowest BCUT2D eigenvalue weighted by Crippen LogP contribution is -2.61. The first kappa shape index (κ1) is 50.6. The normalized spacial score (nSPS) is 14.6. The van der Waals surface area contributed by atoms with Gasteiger partial charge in [-0.25, -0.2) is 0 Å². The van der Waals surface area contributed by atoms with Gasteiger partial charge in [-0.05, 0) is 192 Å². The third-order valence-corrected chi connectivity index (χ3v) is 18.9. The number of rotatable bonds is 3. The second-order valence-corrected chi connectivity index (χ2v) is 28.2. The van der Waals surface area contributed by atoms with Crippen LogP contribution in [-0.4, -0.2) is 6.71 Å². The lowest BCUT2D eigenvalue weighted by Gasteiger charge is -2.45. The molecule has 2 nitrogen and oxygen atoms in total. The zero-order valence-electron chi connectivity index (χ0n) is 49.7. The first-order chi connectivity index (χ1) is 39.2. The van der Waals surface area contributed by atoms with Crippen LogP contribution in [-0.2, 0) is 27.1 Å². The molecule has 4 aliphatic rings. The van der Waals surface area contributed by atoms with Gasteiger partial charge >= 0.3 is 0 Å². The largest absolute Gasteiger partial charge is 0.311 e. The van der Waals surface area contributed by atoms with Gasteiger partial charge in [-0.3, -0.25) is 0 Å². The quantitative estimate of drug-likeness (QED) is 0.163. The third-order valence-electron chi connectivity index (χ3n) is 18.9. The summed E-state index contributed by atoms with van der Waals surface area (Å²) in [7, 11) is 0. The van der Waals surface area contributed by atoms with Gasteiger partial charge in [0.25, 0.3) is 6.71 Å². The van der Waals surface area contributed by atoms with E-state index in [1.807, 2.05) is 0 Å². The maximum atomic E-state index is 2.68. The Labute approximate surface area is 486 Å². The van der Waals surface area contributed by atoms with E-state index < -0.39 is 5.41 Å². The molecule has 3 heteroatoms. The van der Waals surface area contributed by atoms with Gasteiger partial charge < -0.3 is 9.80 Å². The highest BCUT2D eigenvalue weighted by Crippen LogP contribution is 2.63. The van der Waals surface area contributed by atoms with E-state index in [9.17, 15) is 0 Å². The molecule has 1 spiro atoms. The summed E-state index contributed by atoms with van der Waals surface area (Å²) in [5, 5.41) is 4.98. The molecule has 0 saturated heterocycles. The predicted octanol–water partition coefficient (Wildman–Crippen LogP) is 19.3. The molecular formula is C79H71BN2. The maximum absolute atomic E-state index is 2.68. The van der Waals surface area contributed by atoms with Crippen LogP contribution in [0.4, 0.5) is 34.1 Å². The summed E-state index contributed by atoms with van der Waals surface area (Å²) < 4.78 is 0. The van der Waals surface area contributed by atoms with Crippen molar-refractivity contribution in [1.82, 2.24) is 0 Å². The predicted molar refractivity (Wildman–Crippen MR) is 352 cm³/mol. The van der Waals surface area contributed by atoms with Gasteiger partial charge in [-0.2, -0.15) is 0 Å². The van der Waals surface area contributed by atoms with Gasteiger partial charge in [0, 0.05) is 34.1 Å². The Kier molecular flexibility index (Phi) is 10.7. The van der Waals surface area contributed by atoms with Crippen molar-refractivity contribution < 1.29 is 0 Å². The fraction of sp³-hybridized carbons (Fsp3) is 0.215. The van der Waals surface area contributed by atoms with E-state index in [1.165, 1.54) is 150 Å². The molecule has 2 aliphatic carbocycles. The monoisotopic (exact) mass is 1060 g/mol. The zero-order valence-corrected chi connectivity index (χ0v) is 49.7. The smallest absolute Gasteiger partial charge is 0.252 e. The molecule has 0 atom stereocenters. The molecular weight excluding hydrogens is 988 g/mol. The molecule has 0 amide bonds. The van der Waals surface area contributed by atoms with E-state index in [2.05, 4.69) is 305 Å². The van der Waals surface area contributed by atoms with Crippen LogP contribution in [0.1, 0.15) is 128 Å². The molecule has 15 rings (SSSR count). The van der Waals surface area contributed by atoms with Crippen molar-refractivity contribution in [3.63, 3.8) is 0 Å². The molecule has 0 N–H and O–H groups in total. The van der Waals surface area contributed by atoms with Crippen molar-refractivity contribution in [2.24, 2.45) is 0 Å². The fourth-order valence-corrected chi connectivity index (χ4v) is 14.6. The minimum absolute atomic E-state index is 0.0733.